The van der Waals surface area contributed by atoms with Crippen molar-refractivity contribution in [3.05, 3.63) is 64.4 Å². The minimum atomic E-state index is -0.951. The van der Waals surface area contributed by atoms with Crippen molar-refractivity contribution in [2.24, 2.45) is 0 Å². The molecule has 1 aliphatic carbocycles. The predicted molar refractivity (Wildman–Crippen MR) is 75.6 cm³/mol. The van der Waals surface area contributed by atoms with Crippen LogP contribution < -0.4 is 4.74 Å². The second-order valence-electron chi connectivity index (χ2n) is 4.93. The Balaban J connectivity index is 1.82. The SMILES string of the molecule is OC(c1ccc(OC2CC2)cc1)c1cccc(F)c1Cl. The summed E-state index contributed by atoms with van der Waals surface area (Å²) in [6.07, 6.45) is 1.59. The third-order valence-corrected chi connectivity index (χ3v) is 3.70. The van der Waals surface area contributed by atoms with Crippen molar-refractivity contribution in [3.8, 4) is 5.75 Å². The molecule has 0 heterocycles. The molecule has 0 saturated heterocycles. The topological polar surface area (TPSA) is 29.5 Å². The second kappa shape index (κ2) is 5.43. The Morgan fingerprint density at radius 2 is 1.85 bits per heavy atom. The van der Waals surface area contributed by atoms with E-state index in [1.165, 1.54) is 12.1 Å². The summed E-state index contributed by atoms with van der Waals surface area (Å²) in [6, 6.07) is 11.6. The second-order valence-corrected chi connectivity index (χ2v) is 5.31. The predicted octanol–water partition coefficient (Wildman–Crippen LogP) is 4.10. The zero-order chi connectivity index (χ0) is 14.1. The molecular weight excluding hydrogens is 279 g/mol. The lowest BCUT2D eigenvalue weighted by Gasteiger charge is -2.14. The van der Waals surface area contributed by atoms with Gasteiger partial charge in [0.05, 0.1) is 11.1 Å². The van der Waals surface area contributed by atoms with Gasteiger partial charge in [-0.1, -0.05) is 35.9 Å². The van der Waals surface area contributed by atoms with Crippen molar-refractivity contribution in [2.45, 2.75) is 25.0 Å². The Morgan fingerprint density at radius 3 is 2.50 bits per heavy atom. The number of halogens is 2. The van der Waals surface area contributed by atoms with Crippen LogP contribution in [0, 0.1) is 5.82 Å². The average Bonchev–Trinajstić information content (AvgIpc) is 3.26. The molecule has 1 saturated carbocycles. The van der Waals surface area contributed by atoms with E-state index in [-0.39, 0.29) is 5.02 Å². The van der Waals surface area contributed by atoms with E-state index in [2.05, 4.69) is 0 Å². The number of hydrogen-bond acceptors (Lipinski definition) is 2. The van der Waals surface area contributed by atoms with Gasteiger partial charge in [-0.15, -0.1) is 0 Å². The average molecular weight is 293 g/mol. The fraction of sp³-hybridized carbons (Fsp3) is 0.250. The molecule has 2 nitrogen and oxygen atoms in total. The molecular formula is C16H14ClFO2. The van der Waals surface area contributed by atoms with Crippen LogP contribution in [0.1, 0.15) is 30.1 Å². The van der Waals surface area contributed by atoms with E-state index in [4.69, 9.17) is 16.3 Å². The van der Waals surface area contributed by atoms with Crippen LogP contribution in [0.2, 0.25) is 5.02 Å². The van der Waals surface area contributed by atoms with E-state index in [0.717, 1.165) is 18.6 Å². The van der Waals surface area contributed by atoms with E-state index >= 15 is 0 Å². The van der Waals surface area contributed by atoms with Crippen molar-refractivity contribution in [3.63, 3.8) is 0 Å². The van der Waals surface area contributed by atoms with Crippen molar-refractivity contribution in [1.82, 2.24) is 0 Å². The maximum absolute atomic E-state index is 13.4. The smallest absolute Gasteiger partial charge is 0.142 e. The summed E-state index contributed by atoms with van der Waals surface area (Å²) in [5.41, 5.74) is 1.02. The molecule has 20 heavy (non-hydrogen) atoms. The van der Waals surface area contributed by atoms with Gasteiger partial charge in [-0.25, -0.2) is 4.39 Å². The van der Waals surface area contributed by atoms with Gasteiger partial charge in [-0.3, -0.25) is 0 Å². The maximum atomic E-state index is 13.4. The first kappa shape index (κ1) is 13.4. The molecule has 0 bridgehead atoms. The highest BCUT2D eigenvalue weighted by Crippen LogP contribution is 2.32. The minimum absolute atomic E-state index is 0.0432. The number of rotatable bonds is 4. The summed E-state index contributed by atoms with van der Waals surface area (Å²) in [7, 11) is 0. The third kappa shape index (κ3) is 2.79. The molecule has 0 radical (unpaired) electrons. The van der Waals surface area contributed by atoms with E-state index in [1.54, 1.807) is 18.2 Å². The van der Waals surface area contributed by atoms with Crippen LogP contribution in [0.5, 0.6) is 5.75 Å². The molecule has 1 atom stereocenters. The van der Waals surface area contributed by atoms with Gasteiger partial charge in [0, 0.05) is 5.56 Å². The van der Waals surface area contributed by atoms with Crippen LogP contribution in [0.15, 0.2) is 42.5 Å². The van der Waals surface area contributed by atoms with Gasteiger partial charge >= 0.3 is 0 Å². The van der Waals surface area contributed by atoms with Gasteiger partial charge in [-0.05, 0) is 36.6 Å². The molecule has 2 aromatic carbocycles. The highest BCUT2D eigenvalue weighted by atomic mass is 35.5. The first-order valence-corrected chi connectivity index (χ1v) is 6.91. The van der Waals surface area contributed by atoms with Crippen LogP contribution in [-0.4, -0.2) is 11.2 Å². The molecule has 4 heteroatoms. The summed E-state index contributed by atoms with van der Waals surface area (Å²) in [5, 5.41) is 10.2. The molecule has 0 aliphatic heterocycles. The van der Waals surface area contributed by atoms with Crippen molar-refractivity contribution >= 4 is 11.6 Å². The van der Waals surface area contributed by atoms with Crippen LogP contribution in [0.25, 0.3) is 0 Å². The van der Waals surface area contributed by atoms with Crippen molar-refractivity contribution < 1.29 is 14.2 Å². The highest BCUT2D eigenvalue weighted by molar-refractivity contribution is 6.31. The Hall–Kier alpha value is -1.58. The Morgan fingerprint density at radius 1 is 1.15 bits per heavy atom. The fourth-order valence-electron chi connectivity index (χ4n) is 2.02. The van der Waals surface area contributed by atoms with E-state index in [1.807, 2.05) is 12.1 Å². The lowest BCUT2D eigenvalue weighted by molar-refractivity contribution is 0.219. The molecule has 1 fully saturated rings. The molecule has 1 N–H and O–H groups in total. The number of aliphatic hydroxyl groups is 1. The zero-order valence-electron chi connectivity index (χ0n) is 10.7. The largest absolute Gasteiger partial charge is 0.490 e. The van der Waals surface area contributed by atoms with Gasteiger partial charge in [-0.2, -0.15) is 0 Å². The molecule has 104 valence electrons. The molecule has 1 aliphatic rings. The Labute approximate surface area is 121 Å². The Kier molecular flexibility index (Phi) is 3.64. The monoisotopic (exact) mass is 292 g/mol. The molecule has 3 rings (SSSR count). The number of ether oxygens (including phenoxy) is 1. The molecule has 1 unspecified atom stereocenters. The molecule has 0 aromatic heterocycles. The zero-order valence-corrected chi connectivity index (χ0v) is 11.5. The van der Waals surface area contributed by atoms with Crippen molar-refractivity contribution in [1.29, 1.82) is 0 Å². The number of aliphatic hydroxyl groups excluding tert-OH is 1. The third-order valence-electron chi connectivity index (χ3n) is 3.30. The van der Waals surface area contributed by atoms with Crippen LogP contribution in [0.3, 0.4) is 0 Å². The molecule has 2 aromatic rings. The van der Waals surface area contributed by atoms with Gasteiger partial charge < -0.3 is 9.84 Å². The summed E-state index contributed by atoms with van der Waals surface area (Å²) in [5.74, 6) is 0.255. The normalized spacial score (nSPS) is 15.9. The van der Waals surface area contributed by atoms with Crippen LogP contribution in [0.4, 0.5) is 4.39 Å². The first-order chi connectivity index (χ1) is 9.65. The van der Waals surface area contributed by atoms with E-state index in [9.17, 15) is 9.50 Å². The number of hydrogen-bond donors (Lipinski definition) is 1. The van der Waals surface area contributed by atoms with Crippen molar-refractivity contribution in [2.75, 3.05) is 0 Å². The minimum Gasteiger partial charge on any atom is -0.490 e. The maximum Gasteiger partial charge on any atom is 0.142 e. The van der Waals surface area contributed by atoms with Gasteiger partial charge in [0.2, 0.25) is 0 Å². The quantitative estimate of drug-likeness (QED) is 0.919. The summed E-state index contributed by atoms with van der Waals surface area (Å²) >= 11 is 5.89. The van der Waals surface area contributed by atoms with Gasteiger partial charge in [0.15, 0.2) is 0 Å². The molecule has 0 spiro atoms. The van der Waals surface area contributed by atoms with E-state index < -0.39 is 11.9 Å². The van der Waals surface area contributed by atoms with Crippen LogP contribution in [-0.2, 0) is 0 Å². The lowest BCUT2D eigenvalue weighted by Crippen LogP contribution is -2.02. The fourth-order valence-corrected chi connectivity index (χ4v) is 2.25. The Bertz CT molecular complexity index is 608. The molecule has 0 amide bonds. The van der Waals surface area contributed by atoms with Gasteiger partial charge in [0.1, 0.15) is 17.7 Å². The number of benzene rings is 2. The van der Waals surface area contributed by atoms with Crippen LogP contribution >= 0.6 is 11.6 Å². The lowest BCUT2D eigenvalue weighted by atomic mass is 10.0. The highest BCUT2D eigenvalue weighted by Gasteiger charge is 2.23. The standard InChI is InChI=1S/C16H14ClFO2/c17-15-13(2-1-3-14(15)18)16(19)10-4-6-11(7-5-10)20-12-8-9-12/h1-7,12,16,19H,8-9H2. The van der Waals surface area contributed by atoms with Gasteiger partial charge in [0.25, 0.3) is 0 Å². The summed E-state index contributed by atoms with van der Waals surface area (Å²) < 4.78 is 19.0. The first-order valence-electron chi connectivity index (χ1n) is 6.54. The van der Waals surface area contributed by atoms with E-state index in [0.29, 0.717) is 17.2 Å². The summed E-state index contributed by atoms with van der Waals surface area (Å²) in [6.45, 7) is 0. The summed E-state index contributed by atoms with van der Waals surface area (Å²) in [4.78, 5) is 0.